The van der Waals surface area contributed by atoms with Crippen LogP contribution in [0, 0.1) is 0 Å². The van der Waals surface area contributed by atoms with Crippen molar-refractivity contribution in [3.05, 3.63) is 82.8 Å². The van der Waals surface area contributed by atoms with Crippen molar-refractivity contribution in [1.29, 1.82) is 0 Å². The van der Waals surface area contributed by atoms with Crippen molar-refractivity contribution in [2.75, 3.05) is 5.32 Å². The summed E-state index contributed by atoms with van der Waals surface area (Å²) >= 11 is 0. The summed E-state index contributed by atoms with van der Waals surface area (Å²) in [6.45, 7) is -5.75. The van der Waals surface area contributed by atoms with Crippen LogP contribution in [0.25, 0.3) is 6.08 Å². The fraction of sp³-hybridized carbons (Fsp3) is 0.250. The summed E-state index contributed by atoms with van der Waals surface area (Å²) in [5, 5.41) is 7.76. The molecule has 0 saturated heterocycles. The summed E-state index contributed by atoms with van der Waals surface area (Å²) in [4.78, 5) is 4.33. The van der Waals surface area contributed by atoms with Crippen LogP contribution >= 0.6 is 0 Å². The number of nitrogens with zero attached hydrogens (tertiary/aromatic N) is 3. The Balaban J connectivity index is 1.50. The van der Waals surface area contributed by atoms with E-state index in [9.17, 15) is 17.6 Å². The highest BCUT2D eigenvalue weighted by atomic mass is 19.3. The van der Waals surface area contributed by atoms with Gasteiger partial charge in [0.15, 0.2) is 0 Å². The van der Waals surface area contributed by atoms with Crippen molar-refractivity contribution in [3.63, 3.8) is 0 Å². The fourth-order valence-electron chi connectivity index (χ4n) is 4.41. The zero-order valence-corrected chi connectivity index (χ0v) is 17.8. The predicted molar refractivity (Wildman–Crippen MR) is 117 cm³/mol. The summed E-state index contributed by atoms with van der Waals surface area (Å²) in [5.74, 6) is 0.762. The van der Waals surface area contributed by atoms with Gasteiger partial charge in [0.2, 0.25) is 5.95 Å². The third-order valence-corrected chi connectivity index (χ3v) is 5.79. The van der Waals surface area contributed by atoms with Crippen LogP contribution in [0.5, 0.6) is 11.5 Å². The van der Waals surface area contributed by atoms with Gasteiger partial charge in [-0.25, -0.2) is 4.68 Å². The van der Waals surface area contributed by atoms with Gasteiger partial charge in [-0.3, -0.25) is 0 Å². The van der Waals surface area contributed by atoms with E-state index in [4.69, 9.17) is 0 Å². The van der Waals surface area contributed by atoms with Gasteiger partial charge in [0.25, 0.3) is 0 Å². The van der Waals surface area contributed by atoms with Crippen molar-refractivity contribution in [2.24, 2.45) is 0 Å². The lowest BCUT2D eigenvalue weighted by Crippen LogP contribution is -2.28. The fourth-order valence-corrected chi connectivity index (χ4v) is 4.41. The van der Waals surface area contributed by atoms with Crippen LogP contribution in [-0.2, 0) is 0 Å². The summed E-state index contributed by atoms with van der Waals surface area (Å²) in [6, 6.07) is 12.8. The van der Waals surface area contributed by atoms with E-state index in [2.05, 4.69) is 24.9 Å². The minimum atomic E-state index is -2.89. The minimum Gasteiger partial charge on any atom is -0.435 e. The van der Waals surface area contributed by atoms with Gasteiger partial charge in [-0.2, -0.15) is 27.6 Å². The first-order chi connectivity index (χ1) is 16.5. The monoisotopic (exact) mass is 472 g/mol. The number of allylic oxidation sites excluding steroid dienone is 2. The molecule has 2 aromatic carbocycles. The molecule has 0 saturated carbocycles. The number of anilines is 1. The van der Waals surface area contributed by atoms with Crippen LogP contribution in [-0.4, -0.2) is 28.0 Å². The SMILES string of the molecule is FC(F)Oc1ccc(/C=C2\CCCC3=C2Nc2ncnn2C3c2ccc(OC(F)F)cc2)cc1. The van der Waals surface area contributed by atoms with Gasteiger partial charge in [-0.05, 0) is 71.9 Å². The highest BCUT2D eigenvalue weighted by Gasteiger charge is 2.33. The molecule has 1 aliphatic carbocycles. The van der Waals surface area contributed by atoms with Crippen LogP contribution in [0.3, 0.4) is 0 Å². The average molecular weight is 472 g/mol. The van der Waals surface area contributed by atoms with Gasteiger partial charge in [0.05, 0.1) is 0 Å². The molecule has 176 valence electrons. The van der Waals surface area contributed by atoms with Crippen molar-refractivity contribution in [3.8, 4) is 11.5 Å². The topological polar surface area (TPSA) is 61.2 Å². The second-order valence-electron chi connectivity index (χ2n) is 7.87. The third-order valence-electron chi connectivity index (χ3n) is 5.79. The summed E-state index contributed by atoms with van der Waals surface area (Å²) in [6.07, 6.45) is 6.03. The predicted octanol–water partition coefficient (Wildman–Crippen LogP) is 6.02. The van der Waals surface area contributed by atoms with E-state index in [1.54, 1.807) is 28.9 Å². The molecule has 0 bridgehead atoms. The number of alkyl halides is 4. The Morgan fingerprint density at radius 1 is 0.912 bits per heavy atom. The maximum Gasteiger partial charge on any atom is 0.387 e. The van der Waals surface area contributed by atoms with Crippen LogP contribution in [0.4, 0.5) is 23.5 Å². The standard InChI is InChI=1S/C24H20F4N4O2/c25-22(26)33-17-8-4-14(5-9-17)12-16-2-1-3-19-20(16)31-24-29-13-30-32(24)21(19)15-6-10-18(11-7-15)34-23(27)28/h4-13,21-23H,1-3H2,(H,29,30,31)/b16-12+. The summed E-state index contributed by atoms with van der Waals surface area (Å²) in [7, 11) is 0. The zero-order chi connectivity index (χ0) is 23.7. The number of hydrogen-bond donors (Lipinski definition) is 1. The van der Waals surface area contributed by atoms with Crippen molar-refractivity contribution in [1.82, 2.24) is 14.8 Å². The number of halogens is 4. The van der Waals surface area contributed by atoms with Gasteiger partial charge in [0.1, 0.15) is 23.9 Å². The molecule has 0 fully saturated rings. The smallest absolute Gasteiger partial charge is 0.387 e. The van der Waals surface area contributed by atoms with Crippen LogP contribution in [0.1, 0.15) is 36.4 Å². The van der Waals surface area contributed by atoms with Crippen LogP contribution in [0.2, 0.25) is 0 Å². The highest BCUT2D eigenvalue weighted by molar-refractivity contribution is 5.66. The first-order valence-electron chi connectivity index (χ1n) is 10.7. The largest absolute Gasteiger partial charge is 0.435 e. The van der Waals surface area contributed by atoms with Gasteiger partial charge >= 0.3 is 13.2 Å². The molecule has 10 heteroatoms. The molecule has 5 rings (SSSR count). The molecular formula is C24H20F4N4O2. The molecule has 1 N–H and O–H groups in total. The average Bonchev–Trinajstić information content (AvgIpc) is 3.27. The molecule has 6 nitrogen and oxygen atoms in total. The van der Waals surface area contributed by atoms with E-state index in [0.717, 1.165) is 47.2 Å². The van der Waals surface area contributed by atoms with E-state index in [0.29, 0.717) is 5.95 Å². The number of benzene rings is 2. The number of nitrogens with one attached hydrogen (secondary N) is 1. The van der Waals surface area contributed by atoms with Gasteiger partial charge < -0.3 is 14.8 Å². The lowest BCUT2D eigenvalue weighted by molar-refractivity contribution is -0.0505. The summed E-state index contributed by atoms with van der Waals surface area (Å²) < 4.78 is 60.6. The Morgan fingerprint density at radius 3 is 2.21 bits per heavy atom. The quantitative estimate of drug-likeness (QED) is 0.445. The molecule has 0 radical (unpaired) electrons. The first kappa shape index (κ1) is 22.0. The molecule has 34 heavy (non-hydrogen) atoms. The maximum absolute atomic E-state index is 12.5. The zero-order valence-electron chi connectivity index (χ0n) is 17.8. The Kier molecular flexibility index (Phi) is 5.95. The molecule has 2 aliphatic rings. The van der Waals surface area contributed by atoms with Crippen LogP contribution < -0.4 is 14.8 Å². The van der Waals surface area contributed by atoms with Gasteiger partial charge in [-0.1, -0.05) is 24.3 Å². The highest BCUT2D eigenvalue weighted by Crippen LogP contribution is 2.43. The van der Waals surface area contributed by atoms with E-state index >= 15 is 0 Å². The van der Waals surface area contributed by atoms with Crippen molar-refractivity contribution < 1.29 is 27.0 Å². The molecule has 1 aromatic heterocycles. The van der Waals surface area contributed by atoms with E-state index in [1.165, 1.54) is 30.6 Å². The van der Waals surface area contributed by atoms with Gasteiger partial charge in [0, 0.05) is 5.70 Å². The lowest BCUT2D eigenvalue weighted by atomic mass is 9.83. The molecule has 1 unspecified atom stereocenters. The Morgan fingerprint density at radius 2 is 1.56 bits per heavy atom. The molecule has 3 aromatic rings. The van der Waals surface area contributed by atoms with Crippen LogP contribution in [0.15, 0.2) is 71.7 Å². The molecule has 0 spiro atoms. The van der Waals surface area contributed by atoms with E-state index in [-0.39, 0.29) is 17.5 Å². The first-order valence-corrected chi connectivity index (χ1v) is 10.7. The lowest BCUT2D eigenvalue weighted by Gasteiger charge is -2.34. The number of aromatic nitrogens is 3. The Labute approximate surface area is 192 Å². The molecule has 2 heterocycles. The second-order valence-corrected chi connectivity index (χ2v) is 7.87. The van der Waals surface area contributed by atoms with Crippen molar-refractivity contribution >= 4 is 12.0 Å². The summed E-state index contributed by atoms with van der Waals surface area (Å²) in [5.41, 5.74) is 4.83. The molecule has 0 amide bonds. The normalized spacial score (nSPS) is 18.6. The van der Waals surface area contributed by atoms with E-state index < -0.39 is 13.2 Å². The van der Waals surface area contributed by atoms with Crippen molar-refractivity contribution in [2.45, 2.75) is 38.5 Å². The number of ether oxygens (including phenoxy) is 2. The second kappa shape index (κ2) is 9.20. The molecular weight excluding hydrogens is 452 g/mol. The maximum atomic E-state index is 12.5. The van der Waals surface area contributed by atoms with Gasteiger partial charge in [-0.15, -0.1) is 0 Å². The van der Waals surface area contributed by atoms with E-state index in [1.807, 2.05) is 6.08 Å². The Hall–Kier alpha value is -3.82. The number of fused-ring (bicyclic) bond motifs is 1. The number of rotatable bonds is 6. The Bertz CT molecular complexity index is 1220. The minimum absolute atomic E-state index is 0.0872. The number of hydrogen-bond acceptors (Lipinski definition) is 5. The molecule has 1 atom stereocenters. The third kappa shape index (κ3) is 4.48. The molecule has 1 aliphatic heterocycles.